The number of carbonyl (C=O) groups is 1. The molecular formula is C22H34N4O3. The van der Waals surface area contributed by atoms with Gasteiger partial charge in [0.25, 0.3) is 0 Å². The Bertz CT molecular complexity index is 703. The molecule has 0 bridgehead atoms. The van der Waals surface area contributed by atoms with E-state index in [4.69, 9.17) is 9.47 Å². The molecule has 1 aromatic carbocycles. The smallest absolute Gasteiger partial charge is 0.242 e. The first-order valence-electron chi connectivity index (χ1n) is 10.7. The molecular weight excluding hydrogens is 368 g/mol. The molecule has 3 aliphatic heterocycles. The molecule has 3 saturated heterocycles. The van der Waals surface area contributed by atoms with E-state index in [1.165, 1.54) is 5.56 Å². The van der Waals surface area contributed by atoms with E-state index < -0.39 is 0 Å². The molecule has 1 amide bonds. The molecule has 7 heteroatoms. The van der Waals surface area contributed by atoms with Crippen LogP contribution in [0.4, 0.5) is 0 Å². The van der Waals surface area contributed by atoms with Crippen molar-refractivity contribution in [2.24, 2.45) is 0 Å². The zero-order chi connectivity index (χ0) is 20.4. The summed E-state index contributed by atoms with van der Waals surface area (Å²) in [7, 11) is 5.53. The number of methoxy groups -OCH3 is 2. The molecule has 0 aliphatic carbocycles. The fourth-order valence-corrected chi connectivity index (χ4v) is 5.29. The van der Waals surface area contributed by atoms with E-state index >= 15 is 0 Å². The normalized spacial score (nSPS) is 25.6. The molecule has 1 atom stereocenters. The molecule has 3 fully saturated rings. The number of ether oxygens (including phenoxy) is 2. The number of hydrogen-bond donors (Lipinski definition) is 0. The monoisotopic (exact) mass is 402 g/mol. The molecule has 0 radical (unpaired) electrons. The number of rotatable bonds is 6. The van der Waals surface area contributed by atoms with Crippen LogP contribution in [0.2, 0.25) is 0 Å². The molecule has 1 spiro atoms. The predicted octanol–water partition coefficient (Wildman–Crippen LogP) is 1.09. The van der Waals surface area contributed by atoms with E-state index in [-0.39, 0.29) is 17.6 Å². The first-order chi connectivity index (χ1) is 14.1. The minimum absolute atomic E-state index is 0.00116. The molecule has 4 rings (SSSR count). The number of hydrogen-bond acceptors (Lipinski definition) is 6. The standard InChI is InChI=1S/C22H34N4O3/c1-23-12-13-25-20(17-23)21(27)26(14-15-28-2)22(25)8-10-24(11-9-22)16-18-4-6-19(29-3)7-5-18/h4-7,20H,8-17H2,1-3H3/t20-/m1/s1. The lowest BCUT2D eigenvalue weighted by molar-refractivity contribution is -0.135. The number of likely N-dealkylation sites (N-methyl/N-ethyl adjacent to an activating group) is 1. The first kappa shape index (κ1) is 20.6. The van der Waals surface area contributed by atoms with Gasteiger partial charge in [-0.05, 0) is 37.6 Å². The molecule has 3 heterocycles. The minimum Gasteiger partial charge on any atom is -0.497 e. The van der Waals surface area contributed by atoms with E-state index in [1.807, 2.05) is 12.1 Å². The number of amides is 1. The van der Waals surface area contributed by atoms with Gasteiger partial charge in [0, 0.05) is 52.9 Å². The molecule has 29 heavy (non-hydrogen) atoms. The number of carbonyl (C=O) groups excluding carboxylic acids is 1. The lowest BCUT2D eigenvalue weighted by Crippen LogP contribution is -2.63. The van der Waals surface area contributed by atoms with E-state index in [2.05, 4.69) is 38.8 Å². The molecule has 0 N–H and O–H groups in total. The van der Waals surface area contributed by atoms with Gasteiger partial charge in [0.1, 0.15) is 11.8 Å². The Morgan fingerprint density at radius 3 is 2.45 bits per heavy atom. The fourth-order valence-electron chi connectivity index (χ4n) is 5.29. The molecule has 7 nitrogen and oxygen atoms in total. The van der Waals surface area contributed by atoms with Gasteiger partial charge in [0.2, 0.25) is 5.91 Å². The van der Waals surface area contributed by atoms with Gasteiger partial charge in [-0.1, -0.05) is 12.1 Å². The largest absolute Gasteiger partial charge is 0.497 e. The zero-order valence-corrected chi connectivity index (χ0v) is 18.0. The minimum atomic E-state index is -0.141. The number of likely N-dealkylation sites (tertiary alicyclic amines) is 1. The highest BCUT2D eigenvalue weighted by molar-refractivity contribution is 5.85. The second-order valence-corrected chi connectivity index (χ2v) is 8.56. The second-order valence-electron chi connectivity index (χ2n) is 8.56. The summed E-state index contributed by atoms with van der Waals surface area (Å²) in [6, 6.07) is 8.33. The van der Waals surface area contributed by atoms with Gasteiger partial charge in [-0.25, -0.2) is 0 Å². The van der Waals surface area contributed by atoms with Crippen LogP contribution in [0.15, 0.2) is 24.3 Å². The highest BCUT2D eigenvalue weighted by Gasteiger charge is 2.57. The maximum absolute atomic E-state index is 13.3. The van der Waals surface area contributed by atoms with Crippen LogP contribution in [0.5, 0.6) is 5.75 Å². The third kappa shape index (κ3) is 3.89. The van der Waals surface area contributed by atoms with Crippen LogP contribution in [-0.4, -0.2) is 104 Å². The summed E-state index contributed by atoms with van der Waals surface area (Å²) in [6.07, 6.45) is 2.00. The summed E-state index contributed by atoms with van der Waals surface area (Å²) in [5.74, 6) is 1.18. The van der Waals surface area contributed by atoms with Crippen molar-refractivity contribution in [3.63, 3.8) is 0 Å². The van der Waals surface area contributed by atoms with Crippen LogP contribution < -0.4 is 4.74 Å². The van der Waals surface area contributed by atoms with Gasteiger partial charge in [-0.15, -0.1) is 0 Å². The van der Waals surface area contributed by atoms with Crippen LogP contribution >= 0.6 is 0 Å². The third-order valence-electron chi connectivity index (χ3n) is 6.91. The highest BCUT2D eigenvalue weighted by atomic mass is 16.5. The van der Waals surface area contributed by atoms with Gasteiger partial charge in [-0.3, -0.25) is 14.6 Å². The van der Waals surface area contributed by atoms with E-state index in [0.29, 0.717) is 13.2 Å². The average molecular weight is 403 g/mol. The molecule has 0 unspecified atom stereocenters. The number of piperazine rings is 1. The van der Waals surface area contributed by atoms with Crippen molar-refractivity contribution in [3.05, 3.63) is 29.8 Å². The highest BCUT2D eigenvalue weighted by Crippen LogP contribution is 2.41. The summed E-state index contributed by atoms with van der Waals surface area (Å²) >= 11 is 0. The summed E-state index contributed by atoms with van der Waals surface area (Å²) < 4.78 is 10.6. The van der Waals surface area contributed by atoms with Crippen molar-refractivity contribution in [3.8, 4) is 5.75 Å². The maximum Gasteiger partial charge on any atom is 0.242 e. The SMILES string of the molecule is COCCN1C(=O)[C@H]2CN(C)CCN2C12CCN(Cc1ccc(OC)cc1)CC2. The number of benzene rings is 1. The van der Waals surface area contributed by atoms with Crippen LogP contribution in [0.1, 0.15) is 18.4 Å². The maximum atomic E-state index is 13.3. The van der Waals surface area contributed by atoms with E-state index in [1.54, 1.807) is 14.2 Å². The summed E-state index contributed by atoms with van der Waals surface area (Å²) in [6.45, 7) is 7.06. The van der Waals surface area contributed by atoms with Crippen LogP contribution in [0.3, 0.4) is 0 Å². The quantitative estimate of drug-likeness (QED) is 0.710. The van der Waals surface area contributed by atoms with E-state index in [9.17, 15) is 4.79 Å². The third-order valence-corrected chi connectivity index (χ3v) is 6.91. The second kappa shape index (κ2) is 8.60. The number of nitrogens with zero attached hydrogens (tertiary/aromatic N) is 4. The molecule has 0 aromatic heterocycles. The van der Waals surface area contributed by atoms with Crippen molar-refractivity contribution in [1.82, 2.24) is 19.6 Å². The fraction of sp³-hybridized carbons (Fsp3) is 0.682. The average Bonchev–Trinajstić information content (AvgIpc) is 2.96. The topological polar surface area (TPSA) is 48.5 Å². The Kier molecular flexibility index (Phi) is 6.11. The lowest BCUT2D eigenvalue weighted by atomic mass is 9.93. The van der Waals surface area contributed by atoms with Gasteiger partial charge >= 0.3 is 0 Å². The number of piperidine rings is 1. The Morgan fingerprint density at radius 1 is 1.07 bits per heavy atom. The predicted molar refractivity (Wildman–Crippen MR) is 112 cm³/mol. The zero-order valence-electron chi connectivity index (χ0n) is 18.0. The van der Waals surface area contributed by atoms with Gasteiger partial charge in [0.05, 0.1) is 19.4 Å². The summed E-state index contributed by atoms with van der Waals surface area (Å²) in [5, 5.41) is 0. The Labute approximate surface area is 174 Å². The summed E-state index contributed by atoms with van der Waals surface area (Å²) in [4.78, 5) is 22.7. The molecule has 1 aromatic rings. The Morgan fingerprint density at radius 2 is 1.79 bits per heavy atom. The van der Waals surface area contributed by atoms with Crippen LogP contribution in [-0.2, 0) is 16.1 Å². The van der Waals surface area contributed by atoms with Gasteiger partial charge in [-0.2, -0.15) is 0 Å². The molecule has 160 valence electrons. The van der Waals surface area contributed by atoms with Crippen LogP contribution in [0, 0.1) is 0 Å². The first-order valence-corrected chi connectivity index (χ1v) is 10.7. The molecule has 3 aliphatic rings. The van der Waals surface area contributed by atoms with Gasteiger partial charge < -0.3 is 19.3 Å². The van der Waals surface area contributed by atoms with Crippen molar-refractivity contribution in [2.45, 2.75) is 31.1 Å². The van der Waals surface area contributed by atoms with Crippen molar-refractivity contribution in [2.75, 3.05) is 67.1 Å². The van der Waals surface area contributed by atoms with Crippen molar-refractivity contribution >= 4 is 5.91 Å². The lowest BCUT2D eigenvalue weighted by Gasteiger charge is -2.50. The Hall–Kier alpha value is -1.67. The van der Waals surface area contributed by atoms with E-state index in [0.717, 1.165) is 57.9 Å². The van der Waals surface area contributed by atoms with Crippen molar-refractivity contribution in [1.29, 1.82) is 0 Å². The van der Waals surface area contributed by atoms with Crippen molar-refractivity contribution < 1.29 is 14.3 Å². The summed E-state index contributed by atoms with van der Waals surface area (Å²) in [5.41, 5.74) is 1.16. The molecule has 0 saturated carbocycles. The number of fused-ring (bicyclic) bond motifs is 2. The van der Waals surface area contributed by atoms with Crippen LogP contribution in [0.25, 0.3) is 0 Å². The Balaban J connectivity index is 1.46. The van der Waals surface area contributed by atoms with Gasteiger partial charge in [0.15, 0.2) is 0 Å².